The van der Waals surface area contributed by atoms with E-state index in [0.717, 1.165) is 6.92 Å². The first-order valence-corrected chi connectivity index (χ1v) is 20.5. The van der Waals surface area contributed by atoms with E-state index < -0.39 is 196 Å². The lowest BCUT2D eigenvalue weighted by Crippen LogP contribution is -2.71. The highest BCUT2D eigenvalue weighted by Crippen LogP contribution is 2.37. The van der Waals surface area contributed by atoms with Gasteiger partial charge in [0.15, 0.2) is 31.5 Å². The summed E-state index contributed by atoms with van der Waals surface area (Å²) in [6, 6.07) is -1.85. The van der Waals surface area contributed by atoms with E-state index in [4.69, 9.17) is 42.6 Å². The van der Waals surface area contributed by atoms with Gasteiger partial charge in [-0.1, -0.05) is 0 Å². The van der Waals surface area contributed by atoms with Crippen molar-refractivity contribution in [3.63, 3.8) is 0 Å². The van der Waals surface area contributed by atoms with Gasteiger partial charge in [-0.2, -0.15) is 8.42 Å². The summed E-state index contributed by atoms with van der Waals surface area (Å²) >= 11 is 0. The van der Waals surface area contributed by atoms with Gasteiger partial charge in [0.05, 0.1) is 32.5 Å². The van der Waals surface area contributed by atoms with Crippen molar-refractivity contribution >= 4 is 16.3 Å². The Morgan fingerprint density at radius 1 is 0.500 bits per heavy atom. The molecular formula is C32H55NO28S. The number of carbonyl (C=O) groups is 1. The number of hydrogen-bond acceptors (Lipinski definition) is 27. The highest BCUT2D eigenvalue weighted by Gasteiger charge is 2.58. The topological polar surface area (TPSA) is 459 Å². The van der Waals surface area contributed by atoms with Crippen LogP contribution >= 0.6 is 0 Å². The first-order valence-electron chi connectivity index (χ1n) is 19.1. The zero-order valence-corrected chi connectivity index (χ0v) is 33.5. The first kappa shape index (κ1) is 51.4. The molecule has 0 aromatic carbocycles. The van der Waals surface area contributed by atoms with E-state index in [-0.39, 0.29) is 0 Å². The zero-order chi connectivity index (χ0) is 46.1. The molecule has 5 aliphatic rings. The van der Waals surface area contributed by atoms with Gasteiger partial charge in [0.1, 0.15) is 116 Å². The van der Waals surface area contributed by atoms with Crippen molar-refractivity contribution in [1.29, 1.82) is 0 Å². The third-order valence-corrected chi connectivity index (χ3v) is 11.4. The van der Waals surface area contributed by atoms with E-state index in [9.17, 15) is 89.3 Å². The van der Waals surface area contributed by atoms with Gasteiger partial charge in [-0.15, -0.1) is 0 Å². The molecule has 62 heavy (non-hydrogen) atoms. The van der Waals surface area contributed by atoms with Gasteiger partial charge >= 0.3 is 10.4 Å². The average molecular weight is 934 g/mol. The molecule has 16 N–H and O–H groups in total. The predicted molar refractivity (Wildman–Crippen MR) is 187 cm³/mol. The van der Waals surface area contributed by atoms with Crippen molar-refractivity contribution in [2.75, 3.05) is 26.4 Å². The van der Waals surface area contributed by atoms with E-state index in [1.54, 1.807) is 0 Å². The van der Waals surface area contributed by atoms with Crippen LogP contribution in [-0.4, -0.2) is 270 Å². The number of aliphatic hydroxyl groups is 14. The normalized spacial score (nSPS) is 49.3. The number of ether oxygens (including phenoxy) is 9. The Hall–Kier alpha value is -1.58. The van der Waals surface area contributed by atoms with Crippen LogP contribution in [-0.2, 0) is 62.0 Å². The standard InChI is InChI=1S/C32H55NO28S/c1-7-14(39)17(42)20(45)30(52-7)59-25-13(33-8(2)38)29(56-12(6-37)24(25)58-32-22(47)27(61-62(49,50)51)16(41)10(4-35)55-32)60-26-15(40)9(3-34)54-31(21(26)46)57-23-11(5-36)53-28(48)19(44)18(23)43/h7,9-32,34-37,39-48H,3-6H2,1-2H3,(H,33,38)(H,49,50,51)/t7-,9+,10+,11+,12+,13+,14+,15-,16-,17+,18+,19+,20-,21+,22+,23+,24+,25+,26-,27-,28?,29-,30-,31-,32-/m0/s1. The van der Waals surface area contributed by atoms with Crippen molar-refractivity contribution < 1.29 is 136 Å². The maximum absolute atomic E-state index is 12.8. The summed E-state index contributed by atoms with van der Waals surface area (Å²) in [5.74, 6) is -0.903. The molecule has 1 amide bonds. The summed E-state index contributed by atoms with van der Waals surface area (Å²) < 4.78 is 88.2. The summed E-state index contributed by atoms with van der Waals surface area (Å²) in [6.07, 6.45) is -46.6. The summed E-state index contributed by atoms with van der Waals surface area (Å²) in [5, 5.41) is 150. The molecule has 5 fully saturated rings. The van der Waals surface area contributed by atoms with E-state index in [0.29, 0.717) is 0 Å². The minimum absolute atomic E-state index is 0.903. The lowest BCUT2D eigenvalue weighted by molar-refractivity contribution is -0.390. The third kappa shape index (κ3) is 11.2. The molecule has 5 rings (SSSR count). The van der Waals surface area contributed by atoms with E-state index in [2.05, 4.69) is 9.50 Å². The quantitative estimate of drug-likeness (QED) is 0.0678. The van der Waals surface area contributed by atoms with Crippen LogP contribution in [0.5, 0.6) is 0 Å². The van der Waals surface area contributed by atoms with Gasteiger partial charge in [-0.05, 0) is 6.92 Å². The molecule has 5 saturated heterocycles. The second kappa shape index (κ2) is 21.4. The molecule has 0 bridgehead atoms. The Morgan fingerprint density at radius 2 is 0.952 bits per heavy atom. The van der Waals surface area contributed by atoms with Gasteiger partial charge in [-0.25, -0.2) is 4.18 Å². The highest BCUT2D eigenvalue weighted by molar-refractivity contribution is 7.80. The minimum atomic E-state index is -5.41. The van der Waals surface area contributed by atoms with Crippen LogP contribution in [0.15, 0.2) is 0 Å². The van der Waals surface area contributed by atoms with E-state index >= 15 is 0 Å². The molecule has 25 atom stereocenters. The number of aliphatic hydroxyl groups excluding tert-OH is 14. The van der Waals surface area contributed by atoms with Gasteiger partial charge in [0.2, 0.25) is 5.91 Å². The molecule has 29 nitrogen and oxygen atoms in total. The predicted octanol–water partition coefficient (Wildman–Crippen LogP) is -10.9. The minimum Gasteiger partial charge on any atom is -0.394 e. The van der Waals surface area contributed by atoms with Gasteiger partial charge in [0.25, 0.3) is 0 Å². The fourth-order valence-corrected chi connectivity index (χ4v) is 8.12. The Bertz CT molecular complexity index is 1550. The van der Waals surface area contributed by atoms with Crippen LogP contribution in [0.4, 0.5) is 0 Å². The van der Waals surface area contributed by atoms with Crippen LogP contribution in [0, 0.1) is 0 Å². The lowest BCUT2D eigenvalue weighted by atomic mass is 9.93. The number of amides is 1. The molecule has 5 aliphatic heterocycles. The summed E-state index contributed by atoms with van der Waals surface area (Å²) in [5.41, 5.74) is 0. The number of nitrogens with one attached hydrogen (secondary N) is 1. The molecule has 1 unspecified atom stereocenters. The summed E-state index contributed by atoms with van der Waals surface area (Å²) in [6.45, 7) is -1.85. The molecule has 30 heteroatoms. The van der Waals surface area contributed by atoms with Crippen LogP contribution < -0.4 is 5.32 Å². The van der Waals surface area contributed by atoms with E-state index in [1.807, 2.05) is 0 Å². The monoisotopic (exact) mass is 933 g/mol. The maximum Gasteiger partial charge on any atom is 0.397 e. The molecule has 362 valence electrons. The average Bonchev–Trinajstić information content (AvgIpc) is 3.21. The Labute approximate surface area is 351 Å². The van der Waals surface area contributed by atoms with Crippen molar-refractivity contribution in [2.24, 2.45) is 0 Å². The molecule has 0 saturated carbocycles. The molecule has 0 radical (unpaired) electrons. The summed E-state index contributed by atoms with van der Waals surface area (Å²) in [7, 11) is -5.41. The fourth-order valence-electron chi connectivity index (χ4n) is 7.61. The van der Waals surface area contributed by atoms with Crippen molar-refractivity contribution in [1.82, 2.24) is 5.32 Å². The largest absolute Gasteiger partial charge is 0.397 e. The van der Waals surface area contributed by atoms with Crippen molar-refractivity contribution in [2.45, 2.75) is 167 Å². The number of rotatable bonds is 15. The molecule has 5 heterocycles. The molecular weight excluding hydrogens is 878 g/mol. The molecule has 0 aliphatic carbocycles. The second-order valence-electron chi connectivity index (χ2n) is 15.2. The SMILES string of the molecule is CC(=O)N[C@H]1[C@H](O[C@H]2[C@@H](O)[C@@H](CO)O[C@@H](O[C@H]3[C@H](O)[C@@H](O)C(O)O[C@@H]3CO)[C@@H]2O)O[C@H](CO)[C@@H](O[C@@H]2O[C@H](CO)[C@H](O)[C@H](OS(=O)(=O)O)[C@H]2O)[C@@H]1O[C@@H]1O[C@@H](C)[C@@H](O)[C@@H](O)[C@@H]1O. The van der Waals surface area contributed by atoms with Crippen molar-refractivity contribution in [3.8, 4) is 0 Å². The second-order valence-corrected chi connectivity index (χ2v) is 16.2. The number of hydrogen-bond donors (Lipinski definition) is 16. The van der Waals surface area contributed by atoms with Crippen molar-refractivity contribution in [3.05, 3.63) is 0 Å². The Balaban J connectivity index is 1.52. The van der Waals surface area contributed by atoms with Gasteiger partial charge in [0, 0.05) is 6.92 Å². The zero-order valence-electron chi connectivity index (χ0n) is 32.7. The van der Waals surface area contributed by atoms with E-state index in [1.165, 1.54) is 6.92 Å². The van der Waals surface area contributed by atoms with Crippen LogP contribution in [0.2, 0.25) is 0 Å². The maximum atomic E-state index is 12.8. The molecule has 0 spiro atoms. The Kier molecular flexibility index (Phi) is 17.7. The highest BCUT2D eigenvalue weighted by atomic mass is 32.3. The van der Waals surface area contributed by atoms with Crippen LogP contribution in [0.1, 0.15) is 13.8 Å². The smallest absolute Gasteiger partial charge is 0.394 e. The van der Waals surface area contributed by atoms with Crippen LogP contribution in [0.25, 0.3) is 0 Å². The lowest BCUT2D eigenvalue weighted by Gasteiger charge is -2.51. The molecule has 0 aromatic heterocycles. The summed E-state index contributed by atoms with van der Waals surface area (Å²) in [4.78, 5) is 12.8. The number of carbonyl (C=O) groups excluding carboxylic acids is 1. The Morgan fingerprint density at radius 3 is 1.48 bits per heavy atom. The van der Waals surface area contributed by atoms with Gasteiger partial charge < -0.3 is 119 Å². The van der Waals surface area contributed by atoms with Gasteiger partial charge in [-0.3, -0.25) is 9.35 Å². The molecule has 0 aromatic rings. The first-order chi connectivity index (χ1) is 29.1. The fraction of sp³-hybridized carbons (Fsp3) is 0.969. The third-order valence-electron chi connectivity index (χ3n) is 10.9. The van der Waals surface area contributed by atoms with Crippen LogP contribution in [0.3, 0.4) is 0 Å².